The van der Waals surface area contributed by atoms with Crippen molar-refractivity contribution in [2.75, 3.05) is 0 Å². The maximum atomic E-state index is 12.7. The van der Waals surface area contributed by atoms with Gasteiger partial charge < -0.3 is 4.98 Å². The summed E-state index contributed by atoms with van der Waals surface area (Å²) >= 11 is 1.38. The van der Waals surface area contributed by atoms with Gasteiger partial charge in [0.25, 0.3) is 0 Å². The van der Waals surface area contributed by atoms with Crippen LogP contribution in [0.25, 0.3) is 10.9 Å². The van der Waals surface area contributed by atoms with Crippen LogP contribution >= 0.6 is 11.8 Å². The number of nitrogens with zero attached hydrogens (tertiary/aromatic N) is 2. The van der Waals surface area contributed by atoms with Crippen molar-refractivity contribution in [1.82, 2.24) is 20.2 Å². The molecule has 1 aromatic carbocycles. The predicted octanol–water partition coefficient (Wildman–Crippen LogP) is 2.96. The Morgan fingerprint density at radius 3 is 2.90 bits per heavy atom. The Labute approximate surface area is 120 Å². The first-order valence-electron chi connectivity index (χ1n) is 6.30. The predicted molar refractivity (Wildman–Crippen MR) is 79.1 cm³/mol. The normalized spacial score (nSPS) is 12.7. The summed E-state index contributed by atoms with van der Waals surface area (Å²) in [6.45, 7) is 3.82. The van der Waals surface area contributed by atoms with Gasteiger partial charge >= 0.3 is 0 Å². The first-order valence-corrected chi connectivity index (χ1v) is 7.18. The third kappa shape index (κ3) is 2.22. The smallest absolute Gasteiger partial charge is 0.184 e. The van der Waals surface area contributed by atoms with Crippen LogP contribution in [0.4, 0.5) is 0 Å². The first kappa shape index (κ1) is 12.9. The molecule has 0 aliphatic rings. The Morgan fingerprint density at radius 1 is 1.35 bits per heavy atom. The lowest BCUT2D eigenvalue weighted by Gasteiger charge is -2.08. The average molecular weight is 286 g/mol. The molecule has 0 aliphatic carbocycles. The zero-order chi connectivity index (χ0) is 14.1. The lowest BCUT2D eigenvalue weighted by atomic mass is 10.1. The molecule has 2 N–H and O–H groups in total. The van der Waals surface area contributed by atoms with Gasteiger partial charge in [-0.15, -0.1) is 0 Å². The molecule has 3 rings (SSSR count). The molecule has 0 unspecified atom stereocenters. The van der Waals surface area contributed by atoms with E-state index in [0.717, 1.165) is 22.2 Å². The molecule has 6 heteroatoms. The fraction of sp³-hybridized carbons (Fsp3) is 0.214. The van der Waals surface area contributed by atoms with Crippen LogP contribution < -0.4 is 0 Å². The molecule has 5 nitrogen and oxygen atoms in total. The van der Waals surface area contributed by atoms with E-state index in [2.05, 4.69) is 20.2 Å². The number of aromatic amines is 2. The number of carbonyl (C=O) groups excluding carboxylic acids is 1. The molecule has 0 spiro atoms. The van der Waals surface area contributed by atoms with Gasteiger partial charge in [0.1, 0.15) is 6.33 Å². The first-order chi connectivity index (χ1) is 9.66. The summed E-state index contributed by atoms with van der Waals surface area (Å²) in [5, 5.41) is 7.96. The van der Waals surface area contributed by atoms with Gasteiger partial charge in [0, 0.05) is 22.2 Å². The Morgan fingerprint density at radius 2 is 2.15 bits per heavy atom. The van der Waals surface area contributed by atoms with E-state index in [1.807, 2.05) is 38.1 Å². The molecule has 3 aromatic rings. The zero-order valence-electron chi connectivity index (χ0n) is 11.2. The minimum atomic E-state index is -0.221. The second kappa shape index (κ2) is 5.13. The van der Waals surface area contributed by atoms with E-state index in [1.54, 1.807) is 0 Å². The third-order valence-corrected chi connectivity index (χ3v) is 4.18. The SMILES string of the molecule is Cc1[nH]c2ccccc2c1C(=O)[C@H](C)Sc1ncn[nH]1. The Hall–Kier alpha value is -2.08. The van der Waals surface area contributed by atoms with Crippen molar-refractivity contribution >= 4 is 28.4 Å². The molecule has 0 saturated carbocycles. The Kier molecular flexibility index (Phi) is 3.31. The van der Waals surface area contributed by atoms with Crippen LogP contribution in [0.1, 0.15) is 23.0 Å². The quantitative estimate of drug-likeness (QED) is 0.571. The van der Waals surface area contributed by atoms with Gasteiger partial charge in [-0.3, -0.25) is 9.89 Å². The Bertz CT molecular complexity index is 748. The number of Topliss-reactive ketones (excluding diaryl/α,β-unsaturated/α-hetero) is 1. The highest BCUT2D eigenvalue weighted by molar-refractivity contribution is 8.00. The van der Waals surface area contributed by atoms with Crippen LogP contribution in [0, 0.1) is 6.92 Å². The van der Waals surface area contributed by atoms with E-state index in [-0.39, 0.29) is 11.0 Å². The summed E-state index contributed by atoms with van der Waals surface area (Å²) in [7, 11) is 0. The number of H-pyrrole nitrogens is 2. The molecule has 0 radical (unpaired) electrons. The number of carbonyl (C=O) groups is 1. The molecule has 20 heavy (non-hydrogen) atoms. The lowest BCUT2D eigenvalue weighted by molar-refractivity contribution is 0.0995. The van der Waals surface area contributed by atoms with Crippen LogP contribution in [0.3, 0.4) is 0 Å². The molecule has 2 aromatic heterocycles. The number of aryl methyl sites for hydroxylation is 1. The number of hydrogen-bond acceptors (Lipinski definition) is 4. The third-order valence-electron chi connectivity index (χ3n) is 3.19. The minimum absolute atomic E-state index is 0.0985. The van der Waals surface area contributed by atoms with E-state index in [0.29, 0.717) is 5.16 Å². The van der Waals surface area contributed by atoms with Crippen molar-refractivity contribution in [2.24, 2.45) is 0 Å². The zero-order valence-corrected chi connectivity index (χ0v) is 12.0. The summed E-state index contributed by atoms with van der Waals surface area (Å²) in [4.78, 5) is 20.0. The number of thioether (sulfide) groups is 1. The number of ketones is 1. The molecular weight excluding hydrogens is 272 g/mol. The molecule has 1 atom stereocenters. The summed E-state index contributed by atoms with van der Waals surface area (Å²) in [5.74, 6) is 0.0985. The molecule has 102 valence electrons. The van der Waals surface area contributed by atoms with Gasteiger partial charge in [-0.1, -0.05) is 30.0 Å². The molecule has 0 aliphatic heterocycles. The maximum absolute atomic E-state index is 12.7. The van der Waals surface area contributed by atoms with Gasteiger partial charge in [-0.05, 0) is 19.9 Å². The van der Waals surface area contributed by atoms with E-state index >= 15 is 0 Å². The molecule has 0 amide bonds. The monoisotopic (exact) mass is 286 g/mol. The molecule has 0 fully saturated rings. The standard InChI is InChI=1S/C14H14N4OS/c1-8-12(10-5-3-4-6-11(10)17-8)13(19)9(2)20-14-15-7-16-18-14/h3-7,9,17H,1-2H3,(H,15,16,18)/t9-/m0/s1. The maximum Gasteiger partial charge on any atom is 0.184 e. The van der Waals surface area contributed by atoms with Crippen molar-refractivity contribution < 1.29 is 4.79 Å². The average Bonchev–Trinajstić information content (AvgIpc) is 3.04. The highest BCUT2D eigenvalue weighted by atomic mass is 32.2. The summed E-state index contributed by atoms with van der Waals surface area (Å²) in [6.07, 6.45) is 1.44. The van der Waals surface area contributed by atoms with E-state index in [4.69, 9.17) is 0 Å². The molecule has 0 bridgehead atoms. The fourth-order valence-electron chi connectivity index (χ4n) is 2.27. The van der Waals surface area contributed by atoms with Crippen LogP contribution in [0.2, 0.25) is 0 Å². The summed E-state index contributed by atoms with van der Waals surface area (Å²) in [6, 6.07) is 7.85. The topological polar surface area (TPSA) is 74.4 Å². The highest BCUT2D eigenvalue weighted by Gasteiger charge is 2.22. The second-order valence-corrected chi connectivity index (χ2v) is 5.92. The Balaban J connectivity index is 1.94. The highest BCUT2D eigenvalue weighted by Crippen LogP contribution is 2.28. The van der Waals surface area contributed by atoms with Gasteiger partial charge in [-0.2, -0.15) is 5.10 Å². The van der Waals surface area contributed by atoms with E-state index in [9.17, 15) is 4.79 Å². The van der Waals surface area contributed by atoms with Crippen molar-refractivity contribution in [3.05, 3.63) is 41.9 Å². The fourth-order valence-corrected chi connectivity index (χ4v) is 3.04. The molecule has 2 heterocycles. The molecular formula is C14H14N4OS. The summed E-state index contributed by atoms with van der Waals surface area (Å²) < 4.78 is 0. The number of fused-ring (bicyclic) bond motifs is 1. The number of para-hydroxylation sites is 1. The number of hydrogen-bond donors (Lipinski definition) is 2. The van der Waals surface area contributed by atoms with E-state index in [1.165, 1.54) is 18.1 Å². The second-order valence-electron chi connectivity index (χ2n) is 4.59. The number of rotatable bonds is 4. The van der Waals surface area contributed by atoms with Crippen molar-refractivity contribution in [1.29, 1.82) is 0 Å². The van der Waals surface area contributed by atoms with Gasteiger partial charge in [-0.25, -0.2) is 4.98 Å². The van der Waals surface area contributed by atoms with Crippen molar-refractivity contribution in [3.8, 4) is 0 Å². The van der Waals surface area contributed by atoms with Crippen LogP contribution in [-0.2, 0) is 0 Å². The van der Waals surface area contributed by atoms with Gasteiger partial charge in [0.05, 0.1) is 5.25 Å². The molecule has 0 saturated heterocycles. The number of nitrogens with one attached hydrogen (secondary N) is 2. The van der Waals surface area contributed by atoms with Gasteiger partial charge in [0.2, 0.25) is 0 Å². The van der Waals surface area contributed by atoms with E-state index < -0.39 is 0 Å². The van der Waals surface area contributed by atoms with Crippen molar-refractivity contribution in [3.63, 3.8) is 0 Å². The van der Waals surface area contributed by atoms with Crippen LogP contribution in [0.15, 0.2) is 35.7 Å². The summed E-state index contributed by atoms with van der Waals surface area (Å²) in [5.41, 5.74) is 2.66. The van der Waals surface area contributed by atoms with Crippen molar-refractivity contribution in [2.45, 2.75) is 24.3 Å². The number of aromatic nitrogens is 4. The number of benzene rings is 1. The van der Waals surface area contributed by atoms with Crippen LogP contribution in [0.5, 0.6) is 0 Å². The van der Waals surface area contributed by atoms with Gasteiger partial charge in [0.15, 0.2) is 10.9 Å². The van der Waals surface area contributed by atoms with Crippen LogP contribution in [-0.4, -0.2) is 31.2 Å². The lowest BCUT2D eigenvalue weighted by Crippen LogP contribution is -2.14. The minimum Gasteiger partial charge on any atom is -0.358 e. The largest absolute Gasteiger partial charge is 0.358 e.